The van der Waals surface area contributed by atoms with Crippen LogP contribution in [0.3, 0.4) is 0 Å². The summed E-state index contributed by atoms with van der Waals surface area (Å²) >= 11 is 0. The molecule has 1 aromatic heterocycles. The third-order valence-corrected chi connectivity index (χ3v) is 3.52. The Morgan fingerprint density at radius 2 is 2.12 bits per heavy atom. The molecule has 0 atom stereocenters. The molecular formula is C10H17N3O3S. The van der Waals surface area contributed by atoms with E-state index in [0.29, 0.717) is 19.0 Å². The smallest absolute Gasteiger partial charge is 0.242 e. The molecule has 0 aliphatic heterocycles. The maximum absolute atomic E-state index is 11.8. The summed E-state index contributed by atoms with van der Waals surface area (Å²) < 4.78 is 30.9. The van der Waals surface area contributed by atoms with Crippen LogP contribution in [0.15, 0.2) is 23.2 Å². The van der Waals surface area contributed by atoms with Gasteiger partial charge in [-0.05, 0) is 12.6 Å². The van der Waals surface area contributed by atoms with Gasteiger partial charge in [0.1, 0.15) is 4.90 Å². The Hall–Kier alpha value is -1.18. The molecule has 1 rings (SSSR count). The van der Waals surface area contributed by atoms with Crippen molar-refractivity contribution >= 4 is 10.0 Å². The number of hydrogen-bond acceptors (Lipinski definition) is 5. The van der Waals surface area contributed by atoms with Gasteiger partial charge in [-0.25, -0.2) is 18.1 Å². The number of rotatable bonds is 7. The van der Waals surface area contributed by atoms with Gasteiger partial charge in [-0.1, -0.05) is 6.92 Å². The van der Waals surface area contributed by atoms with Crippen LogP contribution in [0.1, 0.15) is 6.92 Å². The number of nitrogens with zero attached hydrogens (tertiary/aromatic N) is 1. The van der Waals surface area contributed by atoms with E-state index >= 15 is 0 Å². The van der Waals surface area contributed by atoms with Crippen molar-refractivity contribution in [1.82, 2.24) is 15.0 Å². The molecule has 96 valence electrons. The van der Waals surface area contributed by atoms with Gasteiger partial charge in [-0.2, -0.15) is 0 Å². The number of likely N-dealkylation sites (N-methyl/N-ethyl adjacent to an activating group) is 1. The van der Waals surface area contributed by atoms with Crippen molar-refractivity contribution in [2.75, 3.05) is 26.7 Å². The standard InChI is InChI=1S/C10H17N3O3S/c1-3-11-6-7-13-17(14,15)9-4-5-10(16-2)12-8-9/h4-5,8,11,13H,3,6-7H2,1-2H3. The van der Waals surface area contributed by atoms with E-state index in [1.807, 2.05) is 6.92 Å². The van der Waals surface area contributed by atoms with E-state index in [1.165, 1.54) is 25.4 Å². The van der Waals surface area contributed by atoms with Crippen LogP contribution >= 0.6 is 0 Å². The number of aromatic nitrogens is 1. The second-order valence-electron chi connectivity index (χ2n) is 3.29. The molecule has 0 amide bonds. The van der Waals surface area contributed by atoms with E-state index in [2.05, 4.69) is 15.0 Å². The van der Waals surface area contributed by atoms with Crippen LogP contribution < -0.4 is 14.8 Å². The molecule has 0 saturated heterocycles. The summed E-state index contributed by atoms with van der Waals surface area (Å²) in [7, 11) is -2.00. The predicted molar refractivity (Wildman–Crippen MR) is 64.5 cm³/mol. The molecule has 0 aliphatic rings. The van der Waals surface area contributed by atoms with Gasteiger partial charge in [0.05, 0.1) is 13.3 Å². The van der Waals surface area contributed by atoms with E-state index in [-0.39, 0.29) is 4.90 Å². The number of sulfonamides is 1. The van der Waals surface area contributed by atoms with Gasteiger partial charge in [0.2, 0.25) is 15.9 Å². The molecule has 0 fully saturated rings. The molecule has 1 heterocycles. The zero-order valence-electron chi connectivity index (χ0n) is 9.93. The van der Waals surface area contributed by atoms with Crippen LogP contribution in [0, 0.1) is 0 Å². The van der Waals surface area contributed by atoms with Gasteiger partial charge >= 0.3 is 0 Å². The number of hydrogen-bond donors (Lipinski definition) is 2. The Morgan fingerprint density at radius 1 is 1.35 bits per heavy atom. The highest BCUT2D eigenvalue weighted by Crippen LogP contribution is 2.11. The van der Waals surface area contributed by atoms with Crippen LogP contribution in [0.25, 0.3) is 0 Å². The maximum atomic E-state index is 11.8. The Bertz CT molecular complexity index is 431. The molecule has 1 aromatic rings. The lowest BCUT2D eigenvalue weighted by molar-refractivity contribution is 0.397. The summed E-state index contributed by atoms with van der Waals surface area (Å²) in [5, 5.41) is 3.03. The number of pyridine rings is 1. The molecule has 0 bridgehead atoms. The second-order valence-corrected chi connectivity index (χ2v) is 5.05. The fourth-order valence-corrected chi connectivity index (χ4v) is 2.16. The van der Waals surface area contributed by atoms with Gasteiger partial charge in [0.25, 0.3) is 0 Å². The highest BCUT2D eigenvalue weighted by molar-refractivity contribution is 7.89. The van der Waals surface area contributed by atoms with Crippen molar-refractivity contribution in [3.63, 3.8) is 0 Å². The van der Waals surface area contributed by atoms with Crippen molar-refractivity contribution < 1.29 is 13.2 Å². The molecule has 0 saturated carbocycles. The van der Waals surface area contributed by atoms with Gasteiger partial charge in [0, 0.05) is 19.2 Å². The van der Waals surface area contributed by atoms with Gasteiger partial charge in [0.15, 0.2) is 0 Å². The lowest BCUT2D eigenvalue weighted by atomic mass is 10.5. The van der Waals surface area contributed by atoms with E-state index in [0.717, 1.165) is 6.54 Å². The third-order valence-electron chi connectivity index (χ3n) is 2.07. The Labute approximate surface area is 101 Å². The lowest BCUT2D eigenvalue weighted by Gasteiger charge is -2.07. The quantitative estimate of drug-likeness (QED) is 0.673. The lowest BCUT2D eigenvalue weighted by Crippen LogP contribution is -2.31. The zero-order valence-corrected chi connectivity index (χ0v) is 10.8. The Kier molecular flexibility index (Phi) is 5.33. The minimum absolute atomic E-state index is 0.134. The molecule has 2 N–H and O–H groups in total. The van der Waals surface area contributed by atoms with Crippen molar-refractivity contribution in [1.29, 1.82) is 0 Å². The third kappa shape index (κ3) is 4.29. The van der Waals surface area contributed by atoms with E-state index in [4.69, 9.17) is 4.74 Å². The van der Waals surface area contributed by atoms with Crippen molar-refractivity contribution in [3.05, 3.63) is 18.3 Å². The van der Waals surface area contributed by atoms with Gasteiger partial charge in [-0.3, -0.25) is 0 Å². The minimum atomic E-state index is -3.47. The Balaban J connectivity index is 2.62. The highest BCUT2D eigenvalue weighted by atomic mass is 32.2. The minimum Gasteiger partial charge on any atom is -0.481 e. The summed E-state index contributed by atoms with van der Waals surface area (Å²) in [4.78, 5) is 3.98. The summed E-state index contributed by atoms with van der Waals surface area (Å²) in [6.45, 7) is 3.72. The molecule has 0 aliphatic carbocycles. The summed E-state index contributed by atoms with van der Waals surface area (Å²) in [5.41, 5.74) is 0. The first-order valence-electron chi connectivity index (χ1n) is 5.30. The Morgan fingerprint density at radius 3 is 2.65 bits per heavy atom. The molecule has 0 radical (unpaired) electrons. The van der Waals surface area contributed by atoms with Crippen LogP contribution in [0.5, 0.6) is 5.88 Å². The molecule has 17 heavy (non-hydrogen) atoms. The second kappa shape index (κ2) is 6.53. The highest BCUT2D eigenvalue weighted by Gasteiger charge is 2.13. The number of nitrogens with one attached hydrogen (secondary N) is 2. The van der Waals surface area contributed by atoms with Crippen molar-refractivity contribution in [2.45, 2.75) is 11.8 Å². The fraction of sp³-hybridized carbons (Fsp3) is 0.500. The fourth-order valence-electron chi connectivity index (χ4n) is 1.18. The van der Waals surface area contributed by atoms with Crippen LogP contribution in [-0.4, -0.2) is 40.1 Å². The number of ether oxygens (including phenoxy) is 1. The van der Waals surface area contributed by atoms with Crippen LogP contribution in [0.4, 0.5) is 0 Å². The van der Waals surface area contributed by atoms with E-state index in [9.17, 15) is 8.42 Å². The van der Waals surface area contributed by atoms with Gasteiger partial charge in [-0.15, -0.1) is 0 Å². The topological polar surface area (TPSA) is 80.3 Å². The van der Waals surface area contributed by atoms with E-state index < -0.39 is 10.0 Å². The summed E-state index contributed by atoms with van der Waals surface area (Å²) in [6.07, 6.45) is 1.27. The first-order valence-corrected chi connectivity index (χ1v) is 6.79. The predicted octanol–water partition coefficient (Wildman–Crippen LogP) is -0.0220. The SMILES string of the molecule is CCNCCNS(=O)(=O)c1ccc(OC)nc1. The first-order chi connectivity index (χ1) is 8.10. The molecule has 0 aromatic carbocycles. The number of methoxy groups -OCH3 is 1. The molecule has 6 nitrogen and oxygen atoms in total. The molecular weight excluding hydrogens is 242 g/mol. The average Bonchev–Trinajstić information content (AvgIpc) is 2.35. The molecule has 0 unspecified atom stereocenters. The molecule has 0 spiro atoms. The average molecular weight is 259 g/mol. The van der Waals surface area contributed by atoms with Crippen LogP contribution in [-0.2, 0) is 10.0 Å². The van der Waals surface area contributed by atoms with Crippen molar-refractivity contribution in [2.24, 2.45) is 0 Å². The summed E-state index contributed by atoms with van der Waals surface area (Å²) in [5.74, 6) is 0.386. The zero-order chi connectivity index (χ0) is 12.7. The van der Waals surface area contributed by atoms with Gasteiger partial charge < -0.3 is 10.1 Å². The van der Waals surface area contributed by atoms with E-state index in [1.54, 1.807) is 0 Å². The maximum Gasteiger partial charge on any atom is 0.242 e. The monoisotopic (exact) mass is 259 g/mol. The molecule has 7 heteroatoms. The summed E-state index contributed by atoms with van der Waals surface area (Å²) in [6, 6.07) is 2.97. The van der Waals surface area contributed by atoms with Crippen molar-refractivity contribution in [3.8, 4) is 5.88 Å². The first kappa shape index (κ1) is 13.9. The van der Waals surface area contributed by atoms with Crippen LogP contribution in [0.2, 0.25) is 0 Å². The normalized spacial score (nSPS) is 11.4. The largest absolute Gasteiger partial charge is 0.481 e.